The van der Waals surface area contributed by atoms with Crippen molar-refractivity contribution in [1.82, 2.24) is 10.2 Å². The van der Waals surface area contributed by atoms with Crippen LogP contribution < -0.4 is 10.1 Å². The smallest absolute Gasteiger partial charge is 0.265 e. The normalized spacial score (nSPS) is 14.9. The van der Waals surface area contributed by atoms with Crippen LogP contribution in [0, 0.1) is 0 Å². The Morgan fingerprint density at radius 1 is 1.03 bits per heavy atom. The summed E-state index contributed by atoms with van der Waals surface area (Å²) in [5.41, 5.74) is 1.71. The van der Waals surface area contributed by atoms with Crippen molar-refractivity contribution in [2.24, 2.45) is 0 Å². The summed E-state index contributed by atoms with van der Waals surface area (Å²) < 4.78 is 5.43. The van der Waals surface area contributed by atoms with Crippen molar-refractivity contribution in [3.63, 3.8) is 0 Å². The van der Waals surface area contributed by atoms with E-state index in [2.05, 4.69) is 5.32 Å². The number of methoxy groups -OCH3 is 1. The summed E-state index contributed by atoms with van der Waals surface area (Å²) in [6, 6.07) is 20.3. The van der Waals surface area contributed by atoms with Gasteiger partial charge in [-0.05, 0) is 47.5 Å². The van der Waals surface area contributed by atoms with Crippen LogP contribution in [-0.2, 0) is 11.3 Å². The lowest BCUT2D eigenvalue weighted by Crippen LogP contribution is -2.46. The predicted octanol–water partition coefficient (Wildman–Crippen LogP) is 5.59. The summed E-state index contributed by atoms with van der Waals surface area (Å²) in [7, 11) is 1.61. The van der Waals surface area contributed by atoms with Crippen LogP contribution in [0.4, 0.5) is 0 Å². The summed E-state index contributed by atoms with van der Waals surface area (Å²) in [5.74, 6) is 0.364. The summed E-state index contributed by atoms with van der Waals surface area (Å²) >= 11 is 1.39. The fourth-order valence-electron chi connectivity index (χ4n) is 4.41. The Morgan fingerprint density at radius 2 is 1.82 bits per heavy atom. The Hall–Kier alpha value is -3.12. The van der Waals surface area contributed by atoms with E-state index in [0.717, 1.165) is 36.8 Å². The number of hydrogen-bond acceptors (Lipinski definition) is 4. The van der Waals surface area contributed by atoms with Crippen LogP contribution in [0.15, 0.2) is 72.1 Å². The number of thiophene rings is 1. The second-order valence-corrected chi connectivity index (χ2v) is 9.37. The van der Waals surface area contributed by atoms with Crippen molar-refractivity contribution in [3.05, 3.63) is 88.1 Å². The first-order valence-corrected chi connectivity index (χ1v) is 12.4. The molecular formula is C27H30N2O3S. The third-order valence-corrected chi connectivity index (χ3v) is 6.97. The maximum absolute atomic E-state index is 13.8. The van der Waals surface area contributed by atoms with Gasteiger partial charge in [-0.3, -0.25) is 9.59 Å². The second-order valence-electron chi connectivity index (χ2n) is 8.42. The monoisotopic (exact) mass is 462 g/mol. The number of nitrogens with one attached hydrogen (secondary N) is 1. The van der Waals surface area contributed by atoms with Crippen LogP contribution in [0.3, 0.4) is 0 Å². The van der Waals surface area contributed by atoms with Gasteiger partial charge in [0.15, 0.2) is 0 Å². The predicted molar refractivity (Wildman–Crippen MR) is 131 cm³/mol. The highest BCUT2D eigenvalue weighted by atomic mass is 32.1. The molecule has 6 heteroatoms. The van der Waals surface area contributed by atoms with E-state index in [9.17, 15) is 9.59 Å². The van der Waals surface area contributed by atoms with Gasteiger partial charge < -0.3 is 15.0 Å². The molecule has 0 radical (unpaired) electrons. The number of amides is 2. The van der Waals surface area contributed by atoms with E-state index in [1.807, 2.05) is 72.1 Å². The molecule has 2 amide bonds. The van der Waals surface area contributed by atoms with Crippen LogP contribution in [0.2, 0.25) is 0 Å². The van der Waals surface area contributed by atoms with Gasteiger partial charge in [-0.25, -0.2) is 0 Å². The van der Waals surface area contributed by atoms with Crippen LogP contribution >= 0.6 is 11.3 Å². The van der Waals surface area contributed by atoms with Crippen molar-refractivity contribution in [2.75, 3.05) is 7.11 Å². The second kappa shape index (κ2) is 11.1. The molecule has 2 aromatic carbocycles. The first-order valence-electron chi connectivity index (χ1n) is 11.5. The lowest BCUT2D eigenvalue weighted by Gasteiger charge is -2.33. The van der Waals surface area contributed by atoms with E-state index in [-0.39, 0.29) is 17.9 Å². The average molecular weight is 463 g/mol. The fourth-order valence-corrected chi connectivity index (χ4v) is 5.09. The van der Waals surface area contributed by atoms with Gasteiger partial charge in [0.25, 0.3) is 5.91 Å². The number of benzene rings is 2. The maximum atomic E-state index is 13.8. The number of carbonyl (C=O) groups is 2. The quantitative estimate of drug-likeness (QED) is 0.475. The van der Waals surface area contributed by atoms with E-state index in [1.54, 1.807) is 12.0 Å². The van der Waals surface area contributed by atoms with Gasteiger partial charge in [0, 0.05) is 12.6 Å². The fraction of sp³-hybridized carbons (Fsp3) is 0.333. The molecule has 1 aliphatic rings. The van der Waals surface area contributed by atoms with E-state index < -0.39 is 6.04 Å². The number of hydrogen-bond donors (Lipinski definition) is 1. The highest BCUT2D eigenvalue weighted by Gasteiger charge is 2.34. The number of ether oxygens (including phenoxy) is 1. The molecule has 0 spiro atoms. The summed E-state index contributed by atoms with van der Waals surface area (Å²) in [6.07, 6.45) is 5.41. The minimum absolute atomic E-state index is 0.143. The summed E-state index contributed by atoms with van der Waals surface area (Å²) in [6.45, 7) is 0.331. The van der Waals surface area contributed by atoms with E-state index in [0.29, 0.717) is 17.2 Å². The minimum atomic E-state index is -0.767. The van der Waals surface area contributed by atoms with Crippen molar-refractivity contribution < 1.29 is 14.3 Å². The van der Waals surface area contributed by atoms with Crippen molar-refractivity contribution in [1.29, 1.82) is 0 Å². The molecule has 172 valence electrons. The minimum Gasteiger partial charge on any atom is -0.497 e. The molecule has 4 rings (SSSR count). The lowest BCUT2D eigenvalue weighted by atomic mass is 9.94. The summed E-state index contributed by atoms with van der Waals surface area (Å²) in [4.78, 5) is 29.8. The van der Waals surface area contributed by atoms with Crippen LogP contribution in [0.25, 0.3) is 0 Å². The Labute approximate surface area is 199 Å². The van der Waals surface area contributed by atoms with Gasteiger partial charge in [-0.1, -0.05) is 67.8 Å². The van der Waals surface area contributed by atoms with Crippen LogP contribution in [0.5, 0.6) is 5.75 Å². The molecule has 1 aliphatic carbocycles. The topological polar surface area (TPSA) is 58.6 Å². The zero-order valence-corrected chi connectivity index (χ0v) is 19.7. The Bertz CT molecular complexity index is 1050. The highest BCUT2D eigenvalue weighted by molar-refractivity contribution is 7.12. The molecular weight excluding hydrogens is 432 g/mol. The molecule has 0 bridgehead atoms. The molecule has 0 unspecified atom stereocenters. The van der Waals surface area contributed by atoms with Crippen molar-refractivity contribution >= 4 is 23.2 Å². The molecule has 1 N–H and O–H groups in total. The third-order valence-electron chi connectivity index (χ3n) is 6.11. The van der Waals surface area contributed by atoms with Gasteiger partial charge >= 0.3 is 0 Å². The zero-order valence-electron chi connectivity index (χ0n) is 18.9. The molecule has 0 aliphatic heterocycles. The molecule has 0 saturated heterocycles. The van der Waals surface area contributed by atoms with Crippen molar-refractivity contribution in [2.45, 2.75) is 50.7 Å². The number of rotatable bonds is 8. The van der Waals surface area contributed by atoms with E-state index in [1.165, 1.54) is 17.8 Å². The zero-order chi connectivity index (χ0) is 23.0. The van der Waals surface area contributed by atoms with Gasteiger partial charge in [0.1, 0.15) is 11.8 Å². The van der Waals surface area contributed by atoms with Gasteiger partial charge in [-0.15, -0.1) is 11.3 Å². The molecule has 1 heterocycles. The molecule has 1 aromatic heterocycles. The largest absolute Gasteiger partial charge is 0.497 e. The molecule has 3 aromatic rings. The summed E-state index contributed by atoms with van der Waals surface area (Å²) in [5, 5.41) is 5.14. The SMILES string of the molecule is COc1cccc([C@@H](C(=O)NC2CCCCC2)N(Cc2ccccc2)C(=O)c2cccs2)c1. The Balaban J connectivity index is 1.73. The van der Waals surface area contributed by atoms with E-state index in [4.69, 9.17) is 4.74 Å². The molecule has 1 saturated carbocycles. The molecule has 5 nitrogen and oxygen atoms in total. The number of nitrogens with zero attached hydrogens (tertiary/aromatic N) is 1. The first kappa shape index (κ1) is 23.1. The van der Waals surface area contributed by atoms with Crippen LogP contribution in [0.1, 0.15) is 58.9 Å². The highest BCUT2D eigenvalue weighted by Crippen LogP contribution is 2.30. The van der Waals surface area contributed by atoms with Crippen LogP contribution in [-0.4, -0.2) is 29.9 Å². The van der Waals surface area contributed by atoms with Crippen molar-refractivity contribution in [3.8, 4) is 5.75 Å². The maximum Gasteiger partial charge on any atom is 0.265 e. The Kier molecular flexibility index (Phi) is 7.79. The molecule has 1 atom stereocenters. The third kappa shape index (κ3) is 5.82. The molecule has 33 heavy (non-hydrogen) atoms. The Morgan fingerprint density at radius 3 is 2.52 bits per heavy atom. The van der Waals surface area contributed by atoms with Gasteiger partial charge in [0.2, 0.25) is 5.91 Å². The molecule has 1 fully saturated rings. The van der Waals surface area contributed by atoms with Gasteiger partial charge in [0.05, 0.1) is 12.0 Å². The number of carbonyl (C=O) groups excluding carboxylic acids is 2. The average Bonchev–Trinajstić information content (AvgIpc) is 3.40. The van der Waals surface area contributed by atoms with Gasteiger partial charge in [-0.2, -0.15) is 0 Å². The van der Waals surface area contributed by atoms with E-state index >= 15 is 0 Å². The standard InChI is InChI=1S/C27H30N2O3S/c1-32-23-15-8-12-21(18-23)25(26(30)28-22-13-6-3-7-14-22)29(19-20-10-4-2-5-11-20)27(31)24-16-9-17-33-24/h2,4-5,8-12,15-18,22,25H,3,6-7,13-14,19H2,1H3,(H,28,30)/t25-/m0/s1. The lowest BCUT2D eigenvalue weighted by molar-refractivity contribution is -0.127. The first-order chi connectivity index (χ1) is 16.2.